The third kappa shape index (κ3) is 6.91. The molecule has 2 saturated heterocycles. The summed E-state index contributed by atoms with van der Waals surface area (Å²) >= 11 is 1.41. The van der Waals surface area contributed by atoms with Gasteiger partial charge in [0.2, 0.25) is 16.2 Å². The maximum atomic E-state index is 12.8. The highest BCUT2D eigenvalue weighted by atomic mass is 32.1. The van der Waals surface area contributed by atoms with Gasteiger partial charge in [-0.2, -0.15) is 5.10 Å². The van der Waals surface area contributed by atoms with Crippen molar-refractivity contribution in [1.29, 1.82) is 0 Å². The molecule has 0 radical (unpaired) electrons. The number of carbonyl (C=O) groups is 1. The molecule has 3 fully saturated rings. The van der Waals surface area contributed by atoms with E-state index < -0.39 is 0 Å². The van der Waals surface area contributed by atoms with Gasteiger partial charge in [0.05, 0.1) is 0 Å². The molecule has 2 aliphatic heterocycles. The second-order valence-corrected chi connectivity index (χ2v) is 12.7. The molecule has 3 aliphatic rings. The molecule has 0 bridgehead atoms. The average Bonchev–Trinajstić information content (AvgIpc) is 3.51. The van der Waals surface area contributed by atoms with Gasteiger partial charge in [-0.15, -0.1) is 15.3 Å². The van der Waals surface area contributed by atoms with E-state index in [1.54, 1.807) is 6.20 Å². The number of likely N-dealkylation sites (tertiary alicyclic amines) is 1. The lowest BCUT2D eigenvalue weighted by Crippen LogP contribution is -2.40. The minimum atomic E-state index is 0.0543. The van der Waals surface area contributed by atoms with Gasteiger partial charge < -0.3 is 20.4 Å². The van der Waals surface area contributed by atoms with Crippen LogP contribution in [0, 0.1) is 17.3 Å². The van der Waals surface area contributed by atoms with Gasteiger partial charge in [0, 0.05) is 44.8 Å². The predicted octanol–water partition coefficient (Wildman–Crippen LogP) is 4.28. The summed E-state index contributed by atoms with van der Waals surface area (Å²) in [6.45, 7) is 10.00. The van der Waals surface area contributed by atoms with Crippen LogP contribution < -0.4 is 15.5 Å². The molecule has 36 heavy (non-hydrogen) atoms. The number of nitrogens with zero attached hydrogens (tertiary/aromatic N) is 6. The zero-order chi connectivity index (χ0) is 25.0. The maximum absolute atomic E-state index is 12.8. The summed E-state index contributed by atoms with van der Waals surface area (Å²) in [7, 11) is 0. The first kappa shape index (κ1) is 25.3. The molecule has 2 aromatic heterocycles. The Morgan fingerprint density at radius 3 is 2.69 bits per heavy atom. The molecule has 5 rings (SSSR count). The van der Waals surface area contributed by atoms with Crippen LogP contribution in [0.1, 0.15) is 65.2 Å². The number of hydrogen-bond donors (Lipinski definition) is 2. The number of nitrogens with one attached hydrogen (secondary N) is 2. The molecule has 0 spiro atoms. The number of carbonyl (C=O) groups excluding carboxylic acids is 1. The number of aromatic nitrogens is 4. The first-order valence-electron chi connectivity index (χ1n) is 13.6. The van der Waals surface area contributed by atoms with E-state index in [4.69, 9.17) is 0 Å². The Morgan fingerprint density at radius 2 is 1.89 bits per heavy atom. The van der Waals surface area contributed by atoms with Crippen molar-refractivity contribution in [3.8, 4) is 0 Å². The van der Waals surface area contributed by atoms with Crippen LogP contribution in [0.2, 0.25) is 0 Å². The molecule has 1 saturated carbocycles. The fourth-order valence-electron chi connectivity index (χ4n) is 5.98. The SMILES string of the molecule is CC1(C)CCC(CN2CCC[C@@H](CC(=O)Nc3nnc(N[C@@H]4CCN(c5cccnn5)C4)s3)C2)CC1. The molecule has 1 aliphatic carbocycles. The molecule has 196 valence electrons. The Morgan fingerprint density at radius 1 is 1.06 bits per heavy atom. The van der Waals surface area contributed by atoms with Crippen LogP contribution in [0.5, 0.6) is 0 Å². The van der Waals surface area contributed by atoms with Crippen LogP contribution in [0.25, 0.3) is 0 Å². The Kier molecular flexibility index (Phi) is 8.00. The molecule has 2 N–H and O–H groups in total. The van der Waals surface area contributed by atoms with Crippen LogP contribution in [0.4, 0.5) is 16.1 Å². The molecule has 10 heteroatoms. The Balaban J connectivity index is 1.04. The lowest BCUT2D eigenvalue weighted by Gasteiger charge is -2.39. The zero-order valence-corrected chi connectivity index (χ0v) is 22.5. The van der Waals surface area contributed by atoms with Crippen LogP contribution in [-0.2, 0) is 4.79 Å². The number of amides is 1. The van der Waals surface area contributed by atoms with E-state index in [9.17, 15) is 4.79 Å². The summed E-state index contributed by atoms with van der Waals surface area (Å²) in [5.41, 5.74) is 0.522. The molecule has 0 aromatic carbocycles. The van der Waals surface area contributed by atoms with Crippen LogP contribution in [0.3, 0.4) is 0 Å². The molecule has 9 nitrogen and oxygen atoms in total. The van der Waals surface area contributed by atoms with Crippen LogP contribution in [0.15, 0.2) is 18.3 Å². The third-order valence-electron chi connectivity index (χ3n) is 8.12. The largest absolute Gasteiger partial charge is 0.355 e. The quantitative estimate of drug-likeness (QED) is 0.541. The second kappa shape index (κ2) is 11.4. The first-order valence-corrected chi connectivity index (χ1v) is 14.4. The van der Waals surface area contributed by atoms with Crippen molar-refractivity contribution < 1.29 is 4.79 Å². The zero-order valence-electron chi connectivity index (χ0n) is 21.7. The van der Waals surface area contributed by atoms with Crippen LogP contribution in [-0.4, -0.2) is 70.0 Å². The lowest BCUT2D eigenvalue weighted by molar-refractivity contribution is -0.117. The summed E-state index contributed by atoms with van der Waals surface area (Å²) in [5, 5.41) is 24.4. The van der Waals surface area contributed by atoms with Gasteiger partial charge in [-0.3, -0.25) is 4.79 Å². The van der Waals surface area contributed by atoms with Gasteiger partial charge in [-0.25, -0.2) is 0 Å². The molecule has 1 amide bonds. The van der Waals surface area contributed by atoms with Crippen molar-refractivity contribution in [2.75, 3.05) is 48.3 Å². The number of rotatable bonds is 8. The van der Waals surface area contributed by atoms with E-state index in [2.05, 4.69) is 54.7 Å². The Hall–Kier alpha value is -2.33. The lowest BCUT2D eigenvalue weighted by atomic mass is 9.73. The second-order valence-electron chi connectivity index (χ2n) is 11.7. The minimum Gasteiger partial charge on any atom is -0.355 e. The summed E-state index contributed by atoms with van der Waals surface area (Å²) in [5.74, 6) is 2.20. The normalized spacial score (nSPS) is 25.1. The fourth-order valence-corrected chi connectivity index (χ4v) is 6.71. The highest BCUT2D eigenvalue weighted by Crippen LogP contribution is 2.38. The Labute approximate surface area is 218 Å². The molecule has 0 unspecified atom stereocenters. The van der Waals surface area contributed by atoms with Crippen molar-refractivity contribution in [2.24, 2.45) is 17.3 Å². The molecule has 2 aromatic rings. The van der Waals surface area contributed by atoms with Crippen molar-refractivity contribution in [2.45, 2.75) is 71.3 Å². The monoisotopic (exact) mass is 512 g/mol. The number of hydrogen-bond acceptors (Lipinski definition) is 9. The molecular weight excluding hydrogens is 472 g/mol. The van der Waals surface area contributed by atoms with E-state index in [0.29, 0.717) is 22.9 Å². The Bertz CT molecular complexity index is 989. The smallest absolute Gasteiger partial charge is 0.226 e. The topological polar surface area (TPSA) is 99.2 Å². The van der Waals surface area contributed by atoms with Crippen molar-refractivity contribution >= 4 is 33.3 Å². The van der Waals surface area contributed by atoms with Gasteiger partial charge in [-0.05, 0) is 80.9 Å². The van der Waals surface area contributed by atoms with Gasteiger partial charge in [0.15, 0.2) is 5.82 Å². The van der Waals surface area contributed by atoms with Crippen molar-refractivity contribution in [1.82, 2.24) is 25.3 Å². The highest BCUT2D eigenvalue weighted by molar-refractivity contribution is 7.19. The summed E-state index contributed by atoms with van der Waals surface area (Å²) in [4.78, 5) is 17.6. The summed E-state index contributed by atoms with van der Waals surface area (Å²) in [6, 6.07) is 4.16. The summed E-state index contributed by atoms with van der Waals surface area (Å²) in [6.07, 6.45) is 11.0. The minimum absolute atomic E-state index is 0.0543. The van der Waals surface area contributed by atoms with E-state index in [1.807, 2.05) is 12.1 Å². The van der Waals surface area contributed by atoms with Crippen LogP contribution >= 0.6 is 11.3 Å². The van der Waals surface area contributed by atoms with E-state index in [-0.39, 0.29) is 11.9 Å². The first-order chi connectivity index (χ1) is 17.4. The van der Waals surface area contributed by atoms with Gasteiger partial charge in [0.1, 0.15) is 0 Å². The van der Waals surface area contributed by atoms with Gasteiger partial charge in [0.25, 0.3) is 0 Å². The van der Waals surface area contributed by atoms with Crippen molar-refractivity contribution in [3.05, 3.63) is 18.3 Å². The molecule has 4 heterocycles. The third-order valence-corrected chi connectivity index (χ3v) is 8.89. The average molecular weight is 513 g/mol. The van der Waals surface area contributed by atoms with Gasteiger partial charge in [-0.1, -0.05) is 25.2 Å². The number of anilines is 3. The predicted molar refractivity (Wildman–Crippen MR) is 144 cm³/mol. The maximum Gasteiger partial charge on any atom is 0.226 e. The highest BCUT2D eigenvalue weighted by Gasteiger charge is 2.30. The van der Waals surface area contributed by atoms with Gasteiger partial charge >= 0.3 is 0 Å². The van der Waals surface area contributed by atoms with E-state index >= 15 is 0 Å². The van der Waals surface area contributed by atoms with E-state index in [1.165, 1.54) is 56.5 Å². The van der Waals surface area contributed by atoms with Crippen molar-refractivity contribution in [3.63, 3.8) is 0 Å². The molecular formula is C26H40N8OS. The molecule has 2 atom stereocenters. The fraction of sp³-hybridized carbons (Fsp3) is 0.731. The standard InChI is InChI=1S/C26H40N8OS/c1-26(2)10-7-19(8-11-26)16-33-13-4-5-20(17-33)15-23(35)29-25-32-31-24(36-25)28-21-9-14-34(18-21)22-6-3-12-27-30-22/h3,6,12,19-21H,4-5,7-11,13-18H2,1-2H3,(H,28,31)(H,29,32,35)/t20-,21+/m0/s1. The summed E-state index contributed by atoms with van der Waals surface area (Å²) < 4.78 is 0. The number of piperidine rings is 1. The van der Waals surface area contributed by atoms with E-state index in [0.717, 1.165) is 49.3 Å².